The lowest BCUT2D eigenvalue weighted by Gasteiger charge is -2.10. The van der Waals surface area contributed by atoms with Crippen molar-refractivity contribution in [1.29, 1.82) is 0 Å². The van der Waals surface area contributed by atoms with E-state index in [1.54, 1.807) is 30.3 Å². The van der Waals surface area contributed by atoms with Crippen molar-refractivity contribution < 1.29 is 0 Å². The van der Waals surface area contributed by atoms with Crippen LogP contribution in [0.15, 0.2) is 42.5 Å². The van der Waals surface area contributed by atoms with E-state index in [0.29, 0.717) is 20.8 Å². The van der Waals surface area contributed by atoms with E-state index in [4.69, 9.17) is 34.8 Å². The van der Waals surface area contributed by atoms with Crippen LogP contribution in [0.25, 0.3) is 0 Å². The number of rotatable bonds is 2. The summed E-state index contributed by atoms with van der Waals surface area (Å²) in [6, 6.07) is 12.7. The molecule has 2 rings (SSSR count). The largest absolute Gasteiger partial charge is 0.353 e. The van der Waals surface area contributed by atoms with Gasteiger partial charge in [-0.05, 0) is 30.3 Å². The summed E-state index contributed by atoms with van der Waals surface area (Å²) in [5, 5.41) is 4.95. The number of hydrogen-bond acceptors (Lipinski definition) is 1. The molecule has 0 saturated carbocycles. The first kappa shape index (κ1) is 11.6. The Morgan fingerprint density at radius 3 is 2.06 bits per heavy atom. The van der Waals surface area contributed by atoms with Gasteiger partial charge in [-0.15, -0.1) is 0 Å². The standard InChI is InChI=1S/C12H8Cl3N/c13-8-3-1-4-9(7-8)16-12-10(14)5-2-6-11(12)15/h1-7,16H. The summed E-state index contributed by atoms with van der Waals surface area (Å²) >= 11 is 18.0. The van der Waals surface area contributed by atoms with E-state index >= 15 is 0 Å². The summed E-state index contributed by atoms with van der Waals surface area (Å²) < 4.78 is 0. The molecule has 0 aliphatic heterocycles. The molecule has 0 atom stereocenters. The molecule has 1 N–H and O–H groups in total. The van der Waals surface area contributed by atoms with Crippen LogP contribution in [0.2, 0.25) is 15.1 Å². The first-order valence-corrected chi connectivity index (χ1v) is 5.77. The number of hydrogen-bond donors (Lipinski definition) is 1. The van der Waals surface area contributed by atoms with Gasteiger partial charge in [0.05, 0.1) is 15.7 Å². The zero-order valence-corrected chi connectivity index (χ0v) is 10.4. The topological polar surface area (TPSA) is 12.0 Å². The Hall–Kier alpha value is -0.890. The van der Waals surface area contributed by atoms with Gasteiger partial charge >= 0.3 is 0 Å². The third kappa shape index (κ3) is 2.62. The molecule has 0 unspecified atom stereocenters. The fourth-order valence-electron chi connectivity index (χ4n) is 1.33. The maximum absolute atomic E-state index is 6.04. The van der Waals surface area contributed by atoms with Gasteiger partial charge in [0.15, 0.2) is 0 Å². The molecule has 0 aliphatic carbocycles. The molecule has 0 spiro atoms. The maximum Gasteiger partial charge on any atom is 0.0762 e. The second-order valence-electron chi connectivity index (χ2n) is 3.23. The molecule has 0 aliphatic rings. The summed E-state index contributed by atoms with van der Waals surface area (Å²) in [4.78, 5) is 0. The van der Waals surface area contributed by atoms with E-state index in [1.165, 1.54) is 0 Å². The number of para-hydroxylation sites is 1. The minimum Gasteiger partial charge on any atom is -0.353 e. The van der Waals surface area contributed by atoms with Gasteiger partial charge in [0.2, 0.25) is 0 Å². The predicted octanol–water partition coefficient (Wildman–Crippen LogP) is 5.39. The first-order valence-electron chi connectivity index (χ1n) is 4.63. The zero-order chi connectivity index (χ0) is 11.5. The molecule has 16 heavy (non-hydrogen) atoms. The number of benzene rings is 2. The smallest absolute Gasteiger partial charge is 0.0762 e. The van der Waals surface area contributed by atoms with Crippen molar-refractivity contribution in [3.8, 4) is 0 Å². The van der Waals surface area contributed by atoms with Gasteiger partial charge in [0.1, 0.15) is 0 Å². The van der Waals surface area contributed by atoms with Crippen molar-refractivity contribution in [1.82, 2.24) is 0 Å². The van der Waals surface area contributed by atoms with Crippen LogP contribution in [-0.4, -0.2) is 0 Å². The molecular formula is C12H8Cl3N. The Bertz CT molecular complexity index is 491. The Balaban J connectivity index is 2.34. The van der Waals surface area contributed by atoms with E-state index < -0.39 is 0 Å². The normalized spacial score (nSPS) is 10.2. The highest BCUT2D eigenvalue weighted by atomic mass is 35.5. The van der Waals surface area contributed by atoms with Crippen LogP contribution < -0.4 is 5.32 Å². The van der Waals surface area contributed by atoms with Crippen LogP contribution in [0.4, 0.5) is 11.4 Å². The van der Waals surface area contributed by atoms with Gasteiger partial charge in [-0.25, -0.2) is 0 Å². The summed E-state index contributed by atoms with van der Waals surface area (Å²) in [5.74, 6) is 0. The van der Waals surface area contributed by atoms with E-state index in [9.17, 15) is 0 Å². The van der Waals surface area contributed by atoms with Crippen LogP contribution in [0.3, 0.4) is 0 Å². The average Bonchev–Trinajstić information content (AvgIpc) is 2.24. The Morgan fingerprint density at radius 2 is 1.44 bits per heavy atom. The van der Waals surface area contributed by atoms with Crippen molar-refractivity contribution in [3.63, 3.8) is 0 Å². The van der Waals surface area contributed by atoms with Crippen LogP contribution in [0.5, 0.6) is 0 Å². The summed E-state index contributed by atoms with van der Waals surface area (Å²) in [5.41, 5.74) is 1.54. The van der Waals surface area contributed by atoms with Crippen LogP contribution in [-0.2, 0) is 0 Å². The quantitative estimate of drug-likeness (QED) is 0.773. The van der Waals surface area contributed by atoms with Gasteiger partial charge < -0.3 is 5.32 Å². The molecule has 0 radical (unpaired) electrons. The maximum atomic E-state index is 6.04. The monoisotopic (exact) mass is 271 g/mol. The van der Waals surface area contributed by atoms with E-state index in [0.717, 1.165) is 5.69 Å². The van der Waals surface area contributed by atoms with Gasteiger partial charge in [0, 0.05) is 10.7 Å². The molecule has 0 heterocycles. The molecule has 0 amide bonds. The minimum absolute atomic E-state index is 0.576. The Morgan fingerprint density at radius 1 is 0.812 bits per heavy atom. The second-order valence-corrected chi connectivity index (χ2v) is 4.48. The first-order chi connectivity index (χ1) is 7.66. The third-order valence-corrected chi connectivity index (χ3v) is 2.92. The third-order valence-electron chi connectivity index (χ3n) is 2.06. The summed E-state index contributed by atoms with van der Waals surface area (Å²) in [6.07, 6.45) is 0. The lowest BCUT2D eigenvalue weighted by molar-refractivity contribution is 1.55. The van der Waals surface area contributed by atoms with Gasteiger partial charge in [0.25, 0.3) is 0 Å². The highest BCUT2D eigenvalue weighted by Gasteiger charge is 2.05. The predicted molar refractivity (Wildman–Crippen MR) is 71.2 cm³/mol. The highest BCUT2D eigenvalue weighted by molar-refractivity contribution is 6.39. The van der Waals surface area contributed by atoms with Gasteiger partial charge in [-0.3, -0.25) is 0 Å². The van der Waals surface area contributed by atoms with Crippen molar-refractivity contribution in [2.24, 2.45) is 0 Å². The number of halogens is 3. The summed E-state index contributed by atoms with van der Waals surface area (Å²) in [7, 11) is 0. The van der Waals surface area contributed by atoms with Crippen molar-refractivity contribution in [3.05, 3.63) is 57.5 Å². The molecule has 1 nitrogen and oxygen atoms in total. The average molecular weight is 273 g/mol. The molecule has 0 aromatic heterocycles. The van der Waals surface area contributed by atoms with E-state index in [-0.39, 0.29) is 0 Å². The molecule has 0 saturated heterocycles. The Kier molecular flexibility index (Phi) is 3.59. The van der Waals surface area contributed by atoms with Gasteiger partial charge in [-0.1, -0.05) is 46.9 Å². The zero-order valence-electron chi connectivity index (χ0n) is 8.18. The van der Waals surface area contributed by atoms with Crippen molar-refractivity contribution >= 4 is 46.2 Å². The molecule has 4 heteroatoms. The number of anilines is 2. The van der Waals surface area contributed by atoms with Crippen molar-refractivity contribution in [2.45, 2.75) is 0 Å². The van der Waals surface area contributed by atoms with Crippen LogP contribution in [0, 0.1) is 0 Å². The van der Waals surface area contributed by atoms with Crippen LogP contribution in [0.1, 0.15) is 0 Å². The molecule has 2 aromatic carbocycles. The molecule has 2 aromatic rings. The van der Waals surface area contributed by atoms with Crippen molar-refractivity contribution in [2.75, 3.05) is 5.32 Å². The minimum atomic E-state index is 0.576. The Labute approximate surface area is 109 Å². The van der Waals surface area contributed by atoms with Crippen LogP contribution >= 0.6 is 34.8 Å². The highest BCUT2D eigenvalue weighted by Crippen LogP contribution is 2.32. The SMILES string of the molecule is Clc1cccc(Nc2c(Cl)cccc2Cl)c1. The van der Waals surface area contributed by atoms with E-state index in [1.807, 2.05) is 12.1 Å². The molecule has 0 fully saturated rings. The van der Waals surface area contributed by atoms with Gasteiger partial charge in [-0.2, -0.15) is 0 Å². The summed E-state index contributed by atoms with van der Waals surface area (Å²) in [6.45, 7) is 0. The lowest BCUT2D eigenvalue weighted by atomic mass is 10.2. The fourth-order valence-corrected chi connectivity index (χ4v) is 2.01. The lowest BCUT2D eigenvalue weighted by Crippen LogP contribution is -1.91. The molecule has 82 valence electrons. The molecular weight excluding hydrogens is 264 g/mol. The molecule has 0 bridgehead atoms. The van der Waals surface area contributed by atoms with E-state index in [2.05, 4.69) is 5.32 Å². The second kappa shape index (κ2) is 4.96. The fraction of sp³-hybridized carbons (Fsp3) is 0. The number of nitrogens with one attached hydrogen (secondary N) is 1.